The van der Waals surface area contributed by atoms with Gasteiger partial charge in [-0.1, -0.05) is 44.4 Å². The Bertz CT molecular complexity index is 471. The fourth-order valence-electron chi connectivity index (χ4n) is 2.44. The number of thioether (sulfide) groups is 1. The van der Waals surface area contributed by atoms with E-state index in [9.17, 15) is 4.79 Å². The topological polar surface area (TPSA) is 59.8 Å². The van der Waals surface area contributed by atoms with Gasteiger partial charge in [0, 0.05) is 19.0 Å². The summed E-state index contributed by atoms with van der Waals surface area (Å²) in [6, 6.07) is 0.427. The molecule has 1 heterocycles. The molecule has 6 heteroatoms. The van der Waals surface area contributed by atoms with E-state index in [1.165, 1.54) is 43.9 Å². The highest BCUT2D eigenvalue weighted by Gasteiger charge is 2.23. The van der Waals surface area contributed by atoms with Gasteiger partial charge >= 0.3 is 0 Å². The molecule has 0 unspecified atom stereocenters. The molecule has 0 aliphatic heterocycles. The Morgan fingerprint density at radius 3 is 2.68 bits per heavy atom. The maximum Gasteiger partial charge on any atom is 0.230 e. The quantitative estimate of drug-likeness (QED) is 0.502. The molecule has 0 spiro atoms. The van der Waals surface area contributed by atoms with E-state index >= 15 is 0 Å². The molecule has 1 fully saturated rings. The van der Waals surface area contributed by atoms with Crippen LogP contribution in [0, 0.1) is 0 Å². The number of unbranched alkanes of at least 4 members (excludes halogenated alkanes) is 4. The van der Waals surface area contributed by atoms with Gasteiger partial charge in [-0.05, 0) is 26.2 Å². The monoisotopic (exact) mass is 324 g/mol. The van der Waals surface area contributed by atoms with Gasteiger partial charge in [-0.25, -0.2) is 0 Å². The van der Waals surface area contributed by atoms with Crippen LogP contribution in [0.1, 0.15) is 64.6 Å². The van der Waals surface area contributed by atoms with E-state index < -0.39 is 0 Å². The van der Waals surface area contributed by atoms with E-state index in [4.69, 9.17) is 0 Å². The van der Waals surface area contributed by atoms with Crippen LogP contribution in [0.3, 0.4) is 0 Å². The molecular formula is C16H28N4OS. The summed E-state index contributed by atoms with van der Waals surface area (Å²) in [5.41, 5.74) is 0. The Morgan fingerprint density at radius 2 is 2.00 bits per heavy atom. The molecule has 1 aliphatic rings. The Kier molecular flexibility index (Phi) is 7.22. The normalized spacial score (nSPS) is 14.3. The van der Waals surface area contributed by atoms with Gasteiger partial charge in [0.25, 0.3) is 0 Å². The van der Waals surface area contributed by atoms with Crippen molar-refractivity contribution in [2.45, 2.75) is 83.0 Å². The third-order valence-electron chi connectivity index (χ3n) is 3.89. The van der Waals surface area contributed by atoms with Crippen molar-refractivity contribution in [3.05, 3.63) is 5.82 Å². The van der Waals surface area contributed by atoms with Gasteiger partial charge in [-0.2, -0.15) is 0 Å². The van der Waals surface area contributed by atoms with E-state index in [1.807, 2.05) is 0 Å². The minimum Gasteiger partial charge on any atom is -0.353 e. The maximum atomic E-state index is 11.8. The molecule has 1 aromatic heterocycles. The molecule has 22 heavy (non-hydrogen) atoms. The standard InChI is InChI=1S/C16H28N4OS/c1-3-5-6-7-8-9-14-18-19-16(20(14)4-2)22-12-15(21)17-13-10-11-13/h13H,3-12H2,1-2H3,(H,17,21). The molecule has 5 nitrogen and oxygen atoms in total. The summed E-state index contributed by atoms with van der Waals surface area (Å²) in [6.07, 6.45) is 9.57. The molecular weight excluding hydrogens is 296 g/mol. The predicted molar refractivity (Wildman–Crippen MR) is 90.0 cm³/mol. The summed E-state index contributed by atoms with van der Waals surface area (Å²) in [6.45, 7) is 5.21. The van der Waals surface area contributed by atoms with Gasteiger partial charge in [0.05, 0.1) is 5.75 Å². The van der Waals surface area contributed by atoms with Crippen LogP contribution in [0.5, 0.6) is 0 Å². The van der Waals surface area contributed by atoms with Crippen molar-refractivity contribution in [1.82, 2.24) is 20.1 Å². The van der Waals surface area contributed by atoms with Gasteiger partial charge < -0.3 is 9.88 Å². The third-order valence-corrected chi connectivity index (χ3v) is 4.86. The first kappa shape index (κ1) is 17.3. The number of hydrogen-bond acceptors (Lipinski definition) is 4. The van der Waals surface area contributed by atoms with Gasteiger partial charge in [0.1, 0.15) is 5.82 Å². The SMILES string of the molecule is CCCCCCCc1nnc(SCC(=O)NC2CC2)n1CC. The van der Waals surface area contributed by atoms with Crippen LogP contribution in [0.2, 0.25) is 0 Å². The predicted octanol–water partition coefficient (Wildman–Crippen LogP) is 3.18. The summed E-state index contributed by atoms with van der Waals surface area (Å²) in [4.78, 5) is 11.8. The highest BCUT2D eigenvalue weighted by molar-refractivity contribution is 7.99. The van der Waals surface area contributed by atoms with Gasteiger partial charge in [-0.15, -0.1) is 10.2 Å². The average molecular weight is 324 g/mol. The zero-order valence-electron chi connectivity index (χ0n) is 13.8. The largest absolute Gasteiger partial charge is 0.353 e. The van der Waals surface area contributed by atoms with E-state index in [0.717, 1.165) is 36.8 Å². The van der Waals surface area contributed by atoms with E-state index in [2.05, 4.69) is 33.9 Å². The second-order valence-electron chi connectivity index (χ2n) is 5.94. The fourth-order valence-corrected chi connectivity index (χ4v) is 3.27. The summed E-state index contributed by atoms with van der Waals surface area (Å²) < 4.78 is 2.15. The molecule has 0 saturated heterocycles. The number of hydrogen-bond donors (Lipinski definition) is 1. The number of aryl methyl sites for hydroxylation is 1. The molecule has 1 aliphatic carbocycles. The van der Waals surface area contributed by atoms with Gasteiger partial charge in [0.2, 0.25) is 5.91 Å². The van der Waals surface area contributed by atoms with Crippen molar-refractivity contribution in [1.29, 1.82) is 0 Å². The maximum absolute atomic E-state index is 11.8. The zero-order valence-corrected chi connectivity index (χ0v) is 14.6. The summed E-state index contributed by atoms with van der Waals surface area (Å²) in [5.74, 6) is 1.61. The highest BCUT2D eigenvalue weighted by atomic mass is 32.2. The van der Waals surface area contributed by atoms with E-state index in [0.29, 0.717) is 11.8 Å². The minimum atomic E-state index is 0.110. The summed E-state index contributed by atoms with van der Waals surface area (Å²) >= 11 is 1.49. The van der Waals surface area contributed by atoms with Gasteiger partial charge in [-0.3, -0.25) is 4.79 Å². The molecule has 1 amide bonds. The molecule has 1 aromatic rings. The molecule has 0 bridgehead atoms. The van der Waals surface area contributed by atoms with Crippen LogP contribution < -0.4 is 5.32 Å². The Labute approximate surface area is 137 Å². The lowest BCUT2D eigenvalue weighted by Crippen LogP contribution is -2.27. The summed E-state index contributed by atoms with van der Waals surface area (Å²) in [7, 11) is 0. The van der Waals surface area contributed by atoms with Crippen LogP contribution in [0.4, 0.5) is 0 Å². The Balaban J connectivity index is 1.77. The van der Waals surface area contributed by atoms with Crippen molar-refractivity contribution in [2.75, 3.05) is 5.75 Å². The lowest BCUT2D eigenvalue weighted by molar-refractivity contribution is -0.118. The number of nitrogens with one attached hydrogen (secondary N) is 1. The van der Waals surface area contributed by atoms with E-state index in [1.54, 1.807) is 0 Å². The molecule has 0 atom stereocenters. The number of rotatable bonds is 11. The van der Waals surface area contributed by atoms with Crippen LogP contribution >= 0.6 is 11.8 Å². The van der Waals surface area contributed by atoms with Crippen molar-refractivity contribution in [3.63, 3.8) is 0 Å². The molecule has 2 rings (SSSR count). The molecule has 1 N–H and O–H groups in total. The third kappa shape index (κ3) is 5.63. The number of nitrogens with zero attached hydrogens (tertiary/aromatic N) is 3. The second-order valence-corrected chi connectivity index (χ2v) is 6.88. The molecule has 0 aromatic carbocycles. The molecule has 0 radical (unpaired) electrons. The average Bonchev–Trinajstić information content (AvgIpc) is 3.23. The van der Waals surface area contributed by atoms with Gasteiger partial charge in [0.15, 0.2) is 5.16 Å². The number of carbonyl (C=O) groups excluding carboxylic acids is 1. The Hall–Kier alpha value is -1.04. The Morgan fingerprint density at radius 1 is 1.23 bits per heavy atom. The van der Waals surface area contributed by atoms with Crippen molar-refractivity contribution < 1.29 is 4.79 Å². The molecule has 1 saturated carbocycles. The minimum absolute atomic E-state index is 0.110. The smallest absolute Gasteiger partial charge is 0.230 e. The second kappa shape index (κ2) is 9.18. The number of aromatic nitrogens is 3. The van der Waals surface area contributed by atoms with Crippen LogP contribution in [0.15, 0.2) is 5.16 Å². The first-order valence-corrected chi connectivity index (χ1v) is 9.57. The van der Waals surface area contributed by atoms with E-state index in [-0.39, 0.29) is 5.91 Å². The number of carbonyl (C=O) groups is 1. The fraction of sp³-hybridized carbons (Fsp3) is 0.812. The van der Waals surface area contributed by atoms with Crippen LogP contribution in [-0.2, 0) is 17.8 Å². The van der Waals surface area contributed by atoms with Crippen LogP contribution in [0.25, 0.3) is 0 Å². The summed E-state index contributed by atoms with van der Waals surface area (Å²) in [5, 5.41) is 12.5. The lowest BCUT2D eigenvalue weighted by Gasteiger charge is -2.07. The highest BCUT2D eigenvalue weighted by Crippen LogP contribution is 2.21. The first-order chi connectivity index (χ1) is 10.7. The van der Waals surface area contributed by atoms with Crippen molar-refractivity contribution in [3.8, 4) is 0 Å². The van der Waals surface area contributed by atoms with Crippen molar-refractivity contribution in [2.24, 2.45) is 0 Å². The zero-order chi connectivity index (χ0) is 15.8. The lowest BCUT2D eigenvalue weighted by atomic mass is 10.1. The molecule has 124 valence electrons. The van der Waals surface area contributed by atoms with Crippen molar-refractivity contribution >= 4 is 17.7 Å². The number of amides is 1. The van der Waals surface area contributed by atoms with Crippen LogP contribution in [-0.4, -0.2) is 32.5 Å². The first-order valence-electron chi connectivity index (χ1n) is 8.58.